The molecule has 0 unspecified atom stereocenters. The Morgan fingerprint density at radius 1 is 0.328 bits per heavy atom. The summed E-state index contributed by atoms with van der Waals surface area (Å²) < 4.78 is 4.87. The van der Waals surface area contributed by atoms with E-state index in [9.17, 15) is 0 Å². The third kappa shape index (κ3) is 5.84. The summed E-state index contributed by atoms with van der Waals surface area (Å²) in [5.74, 6) is 1.88. The van der Waals surface area contributed by atoms with E-state index in [0.29, 0.717) is 17.5 Å². The molecule has 64 heavy (non-hydrogen) atoms. The molecule has 0 aliphatic heterocycles. The summed E-state index contributed by atoms with van der Waals surface area (Å²) in [6.45, 7) is 0. The van der Waals surface area contributed by atoms with E-state index in [1.165, 1.54) is 58.1 Å². The van der Waals surface area contributed by atoms with Crippen molar-refractivity contribution in [3.05, 3.63) is 212 Å². The average molecular weight is 834 g/mol. The van der Waals surface area contributed by atoms with Gasteiger partial charge in [-0.1, -0.05) is 164 Å². The van der Waals surface area contributed by atoms with E-state index < -0.39 is 0 Å². The first kappa shape index (κ1) is 36.3. The molecule has 0 saturated carbocycles. The number of aromatic nitrogens is 5. The summed E-state index contributed by atoms with van der Waals surface area (Å²) in [5, 5.41) is 8.47. The van der Waals surface area contributed by atoms with Crippen LogP contribution >= 0.6 is 11.3 Å². The van der Waals surface area contributed by atoms with Crippen molar-refractivity contribution in [2.45, 2.75) is 0 Å². The minimum atomic E-state index is 0.622. The first-order chi connectivity index (χ1) is 31.7. The zero-order valence-corrected chi connectivity index (χ0v) is 35.2. The topological polar surface area (TPSA) is 56.5 Å². The van der Waals surface area contributed by atoms with Crippen LogP contribution in [-0.2, 0) is 0 Å². The van der Waals surface area contributed by atoms with Crippen LogP contribution in [0.25, 0.3) is 126 Å². The number of para-hydroxylation sites is 3. The van der Waals surface area contributed by atoms with E-state index in [1.807, 2.05) is 41.7 Å². The Balaban J connectivity index is 0.897. The molecule has 0 radical (unpaired) electrons. The van der Waals surface area contributed by atoms with Gasteiger partial charge in [0.1, 0.15) is 0 Å². The van der Waals surface area contributed by atoms with Gasteiger partial charge in [0, 0.05) is 64.3 Å². The highest BCUT2D eigenvalue weighted by Crippen LogP contribution is 2.45. The fourth-order valence-corrected chi connectivity index (χ4v) is 10.7. The maximum absolute atomic E-state index is 5.38. The number of hydrogen-bond acceptors (Lipinski definition) is 5. The fraction of sp³-hybridized carbons (Fsp3) is 0. The predicted octanol–water partition coefficient (Wildman–Crippen LogP) is 15.4. The minimum absolute atomic E-state index is 0.622. The van der Waals surface area contributed by atoms with Crippen molar-refractivity contribution in [2.75, 3.05) is 0 Å². The van der Waals surface area contributed by atoms with Gasteiger partial charge in [-0.05, 0) is 70.4 Å². The first-order valence-electron chi connectivity index (χ1n) is 21.5. The smallest absolute Gasteiger partial charge is 0.164 e. The molecule has 0 saturated heterocycles. The molecule has 0 spiro atoms. The predicted molar refractivity (Wildman–Crippen MR) is 267 cm³/mol. The highest BCUT2D eigenvalue weighted by atomic mass is 32.1. The largest absolute Gasteiger partial charge is 0.309 e. The number of hydrogen-bond donors (Lipinski definition) is 0. The molecule has 298 valence electrons. The molecule has 0 atom stereocenters. The van der Waals surface area contributed by atoms with Gasteiger partial charge in [0.15, 0.2) is 17.5 Å². The van der Waals surface area contributed by atoms with Crippen LogP contribution in [0.15, 0.2) is 212 Å². The van der Waals surface area contributed by atoms with Crippen LogP contribution in [0.5, 0.6) is 0 Å². The summed E-state index contributed by atoms with van der Waals surface area (Å²) >= 11 is 1.85. The SMILES string of the molecule is c1ccc(-c2nc(-c3ccc(-c4ccc(-c5nc6ccccc6c6sc7ccccc7c56)c5ccccc45)cc3)nc(-c3ccc(-n4c5ccccc5c5ccccc54)cc3)n2)cc1. The standard InChI is InChI=1S/C58H35N5S/c1-2-14-37(15-3-1)56-60-57(62-58(61-56)39-30-32-40(33-31-39)63-50-23-11-7-18-44(50)45-19-8-12-24-51(45)63)38-28-26-36(27-29-38)41-34-35-46(43-17-5-4-16-42(41)43)54-53-48-21-9-13-25-52(48)64-55(53)47-20-6-10-22-49(47)59-54/h1-35H. The molecule has 4 heterocycles. The van der Waals surface area contributed by atoms with Gasteiger partial charge in [-0.3, -0.25) is 0 Å². The summed E-state index contributed by atoms with van der Waals surface area (Å²) in [6.07, 6.45) is 0. The maximum atomic E-state index is 5.38. The van der Waals surface area contributed by atoms with Crippen molar-refractivity contribution >= 4 is 75.0 Å². The monoisotopic (exact) mass is 833 g/mol. The lowest BCUT2D eigenvalue weighted by Crippen LogP contribution is -2.00. The van der Waals surface area contributed by atoms with Gasteiger partial charge >= 0.3 is 0 Å². The van der Waals surface area contributed by atoms with Gasteiger partial charge in [-0.25, -0.2) is 19.9 Å². The van der Waals surface area contributed by atoms with E-state index in [0.717, 1.165) is 50.3 Å². The molecule has 0 fully saturated rings. The third-order valence-electron chi connectivity index (χ3n) is 12.5. The first-order valence-corrected chi connectivity index (χ1v) is 22.3. The van der Waals surface area contributed by atoms with Crippen molar-refractivity contribution < 1.29 is 0 Å². The maximum Gasteiger partial charge on any atom is 0.164 e. The Morgan fingerprint density at radius 3 is 1.45 bits per heavy atom. The zero-order valence-electron chi connectivity index (χ0n) is 34.4. The molecule has 4 aromatic heterocycles. The van der Waals surface area contributed by atoms with Crippen molar-refractivity contribution in [1.29, 1.82) is 0 Å². The van der Waals surface area contributed by atoms with Crippen LogP contribution < -0.4 is 0 Å². The second kappa shape index (κ2) is 14.7. The van der Waals surface area contributed by atoms with Crippen molar-refractivity contribution in [3.8, 4) is 62.2 Å². The van der Waals surface area contributed by atoms with Crippen molar-refractivity contribution in [3.63, 3.8) is 0 Å². The van der Waals surface area contributed by atoms with Crippen LogP contribution in [0.3, 0.4) is 0 Å². The lowest BCUT2D eigenvalue weighted by atomic mass is 9.92. The Labute approximate surface area is 372 Å². The molecule has 0 amide bonds. The van der Waals surface area contributed by atoms with E-state index in [2.05, 4.69) is 187 Å². The molecule has 0 aliphatic rings. The zero-order chi connectivity index (χ0) is 42.1. The summed E-state index contributed by atoms with van der Waals surface area (Å²) in [5.41, 5.74) is 11.6. The lowest BCUT2D eigenvalue weighted by molar-refractivity contribution is 1.07. The number of nitrogens with zero attached hydrogens (tertiary/aromatic N) is 5. The quantitative estimate of drug-likeness (QED) is 0.167. The molecule has 9 aromatic carbocycles. The number of pyridine rings is 1. The average Bonchev–Trinajstić information content (AvgIpc) is 3.93. The Hall–Kier alpha value is -8.32. The number of rotatable bonds is 6. The fourth-order valence-electron chi connectivity index (χ4n) is 9.47. The molecule has 0 aliphatic carbocycles. The van der Waals surface area contributed by atoms with Gasteiger partial charge < -0.3 is 4.57 Å². The van der Waals surface area contributed by atoms with Gasteiger partial charge in [-0.2, -0.15) is 0 Å². The highest BCUT2D eigenvalue weighted by Gasteiger charge is 2.20. The summed E-state index contributed by atoms with van der Waals surface area (Å²) in [4.78, 5) is 20.6. The molecule has 0 bridgehead atoms. The number of fused-ring (bicyclic) bond motifs is 9. The number of benzene rings is 9. The highest BCUT2D eigenvalue weighted by molar-refractivity contribution is 7.26. The second-order valence-corrected chi connectivity index (χ2v) is 17.2. The molecular weight excluding hydrogens is 799 g/mol. The molecule has 5 nitrogen and oxygen atoms in total. The van der Waals surface area contributed by atoms with Gasteiger partial charge in [0.25, 0.3) is 0 Å². The van der Waals surface area contributed by atoms with Crippen LogP contribution in [0.2, 0.25) is 0 Å². The lowest BCUT2D eigenvalue weighted by Gasteiger charge is -2.14. The summed E-state index contributed by atoms with van der Waals surface area (Å²) in [7, 11) is 0. The van der Waals surface area contributed by atoms with Crippen LogP contribution in [0.1, 0.15) is 0 Å². The number of thiophene rings is 1. The second-order valence-electron chi connectivity index (χ2n) is 16.2. The van der Waals surface area contributed by atoms with E-state index in [4.69, 9.17) is 19.9 Å². The molecule has 0 N–H and O–H groups in total. The van der Waals surface area contributed by atoms with E-state index >= 15 is 0 Å². The van der Waals surface area contributed by atoms with E-state index in [1.54, 1.807) is 0 Å². The van der Waals surface area contributed by atoms with Crippen molar-refractivity contribution in [1.82, 2.24) is 24.5 Å². The Morgan fingerprint density at radius 2 is 0.797 bits per heavy atom. The third-order valence-corrected chi connectivity index (χ3v) is 13.7. The van der Waals surface area contributed by atoms with E-state index in [-0.39, 0.29) is 0 Å². The summed E-state index contributed by atoms with van der Waals surface area (Å²) in [6, 6.07) is 74.9. The van der Waals surface area contributed by atoms with Crippen LogP contribution in [0.4, 0.5) is 0 Å². The normalized spacial score (nSPS) is 11.8. The molecular formula is C58H35N5S. The van der Waals surface area contributed by atoms with Crippen molar-refractivity contribution in [2.24, 2.45) is 0 Å². The van der Waals surface area contributed by atoms with Gasteiger partial charge in [-0.15, -0.1) is 11.3 Å². The molecule has 13 rings (SSSR count). The minimum Gasteiger partial charge on any atom is -0.309 e. The molecule has 6 heteroatoms. The molecule has 13 aromatic rings. The van der Waals surface area contributed by atoms with Gasteiger partial charge in [0.05, 0.1) is 22.2 Å². The Kier molecular flexibility index (Phi) is 8.32. The Bertz CT molecular complexity index is 3890. The van der Waals surface area contributed by atoms with Gasteiger partial charge in [0.2, 0.25) is 0 Å². The van der Waals surface area contributed by atoms with Crippen LogP contribution in [-0.4, -0.2) is 24.5 Å². The van der Waals surface area contributed by atoms with Crippen LogP contribution in [0, 0.1) is 0 Å².